The number of nitrogens with one attached hydrogen (secondary N) is 1. The van der Waals surface area contributed by atoms with Gasteiger partial charge < -0.3 is 10.1 Å². The Bertz CT molecular complexity index is 1260. The highest BCUT2D eigenvalue weighted by Crippen LogP contribution is 2.31. The average molecular weight is 475 g/mol. The zero-order chi connectivity index (χ0) is 23.7. The highest BCUT2D eigenvalue weighted by Gasteiger charge is 2.32. The Kier molecular flexibility index (Phi) is 6.21. The van der Waals surface area contributed by atoms with Crippen molar-refractivity contribution < 1.29 is 39.9 Å². The fourth-order valence-corrected chi connectivity index (χ4v) is 3.60. The number of para-hydroxylation sites is 1. The molecule has 0 saturated heterocycles. The van der Waals surface area contributed by atoms with E-state index in [0.717, 1.165) is 41.2 Å². The molecule has 1 heterocycles. The van der Waals surface area contributed by atoms with E-state index >= 15 is 0 Å². The fraction of sp³-hybridized carbons (Fsp3) is 0.158. The second-order valence-electron chi connectivity index (χ2n) is 6.29. The van der Waals surface area contributed by atoms with Gasteiger partial charge in [-0.3, -0.25) is 4.79 Å². The molecule has 0 aliphatic carbocycles. The van der Waals surface area contributed by atoms with Gasteiger partial charge in [0, 0.05) is 0 Å². The van der Waals surface area contributed by atoms with Crippen molar-refractivity contribution in [3.63, 3.8) is 0 Å². The molecule has 1 amide bonds. The molecule has 0 radical (unpaired) electrons. The predicted octanol–water partition coefficient (Wildman–Crippen LogP) is 4.15. The maximum atomic E-state index is 13.0. The Morgan fingerprint density at radius 1 is 1.12 bits per heavy atom. The number of anilines is 1. The van der Waals surface area contributed by atoms with Crippen LogP contribution >= 0.6 is 0 Å². The lowest BCUT2D eigenvalue weighted by molar-refractivity contribution is -0.137. The molecule has 0 bridgehead atoms. The molecule has 0 unspecified atom stereocenters. The largest absolute Gasteiger partial charge is 0.493 e. The number of carbonyl (C=O) groups is 1. The first-order valence-electron chi connectivity index (χ1n) is 8.69. The summed E-state index contributed by atoms with van der Waals surface area (Å²) in [4.78, 5) is 11.9. The summed E-state index contributed by atoms with van der Waals surface area (Å²) in [6.07, 6.45) is -3.46. The minimum atomic E-state index is -5.02. The monoisotopic (exact) mass is 475 g/mol. The first-order chi connectivity index (χ1) is 14.9. The molecule has 170 valence electrons. The Hall–Kier alpha value is -3.48. The molecule has 7 nitrogen and oxygen atoms in total. The van der Waals surface area contributed by atoms with Crippen LogP contribution in [0.15, 0.2) is 59.6 Å². The van der Waals surface area contributed by atoms with Crippen LogP contribution in [0.3, 0.4) is 0 Å². The van der Waals surface area contributed by atoms with Gasteiger partial charge in [-0.05, 0) is 30.3 Å². The van der Waals surface area contributed by atoms with Gasteiger partial charge in [-0.15, -0.1) is 0 Å². The molecule has 3 aromatic rings. The Morgan fingerprint density at radius 3 is 2.44 bits per heavy atom. The van der Waals surface area contributed by atoms with Crippen LogP contribution in [0, 0.1) is 0 Å². The van der Waals surface area contributed by atoms with Gasteiger partial charge in [-0.25, -0.2) is 13.1 Å². The SMILES string of the molecule is COc1cn(-c2cccc(C(F)(F)F)c2)nc1C(=O)Nc1ccccc1S(=O)(=O)C(F)F. The third kappa shape index (κ3) is 4.56. The summed E-state index contributed by atoms with van der Waals surface area (Å²) in [5.41, 5.74) is -1.80. The number of sulfone groups is 1. The van der Waals surface area contributed by atoms with Crippen molar-refractivity contribution in [2.45, 2.75) is 16.8 Å². The second-order valence-corrected chi connectivity index (χ2v) is 8.18. The van der Waals surface area contributed by atoms with Crippen LogP contribution in [-0.2, 0) is 16.0 Å². The molecule has 0 saturated carbocycles. The minimum absolute atomic E-state index is 0.0298. The standard InChI is InChI=1S/C19H14F5N3O4S/c1-31-14-10-27(12-6-4-5-11(9-12)19(22,23)24)26-16(14)17(28)25-13-7-2-3-8-15(13)32(29,30)18(20)21/h2-10,18H,1H3,(H,25,28). The fourth-order valence-electron chi connectivity index (χ4n) is 2.72. The molecule has 3 rings (SSSR count). The van der Waals surface area contributed by atoms with Gasteiger partial charge in [-0.2, -0.15) is 27.1 Å². The zero-order valence-corrected chi connectivity index (χ0v) is 16.9. The van der Waals surface area contributed by atoms with Gasteiger partial charge in [0.2, 0.25) is 9.84 Å². The number of methoxy groups -OCH3 is 1. The van der Waals surface area contributed by atoms with Crippen molar-refractivity contribution in [1.82, 2.24) is 9.78 Å². The summed E-state index contributed by atoms with van der Waals surface area (Å²) in [5, 5.41) is 6.09. The first-order valence-corrected chi connectivity index (χ1v) is 10.2. The van der Waals surface area contributed by atoms with E-state index in [2.05, 4.69) is 10.4 Å². The van der Waals surface area contributed by atoms with E-state index in [1.54, 1.807) is 0 Å². The minimum Gasteiger partial charge on any atom is -0.493 e. The third-order valence-electron chi connectivity index (χ3n) is 4.23. The van der Waals surface area contributed by atoms with Crippen molar-refractivity contribution >= 4 is 21.4 Å². The molecule has 13 heteroatoms. The molecule has 1 aromatic heterocycles. The van der Waals surface area contributed by atoms with E-state index in [-0.39, 0.29) is 11.4 Å². The smallest absolute Gasteiger partial charge is 0.416 e. The van der Waals surface area contributed by atoms with Gasteiger partial charge in [0.15, 0.2) is 11.4 Å². The molecule has 0 spiro atoms. The van der Waals surface area contributed by atoms with Gasteiger partial charge in [0.05, 0.1) is 35.1 Å². The summed E-state index contributed by atoms with van der Waals surface area (Å²) >= 11 is 0. The van der Waals surface area contributed by atoms with Crippen molar-refractivity contribution in [2.75, 3.05) is 12.4 Å². The molecule has 0 aliphatic heterocycles. The van der Waals surface area contributed by atoms with Crippen LogP contribution in [0.5, 0.6) is 5.75 Å². The lowest BCUT2D eigenvalue weighted by atomic mass is 10.2. The molecule has 2 aromatic carbocycles. The predicted molar refractivity (Wildman–Crippen MR) is 103 cm³/mol. The average Bonchev–Trinajstić information content (AvgIpc) is 3.18. The normalized spacial score (nSPS) is 12.1. The van der Waals surface area contributed by atoms with Crippen LogP contribution in [0.2, 0.25) is 0 Å². The summed E-state index contributed by atoms with van der Waals surface area (Å²) < 4.78 is 94.5. The van der Waals surface area contributed by atoms with Gasteiger partial charge in [0.25, 0.3) is 5.91 Å². The van der Waals surface area contributed by atoms with Crippen molar-refractivity contribution in [2.24, 2.45) is 0 Å². The number of ether oxygens (including phenoxy) is 1. The highest BCUT2D eigenvalue weighted by atomic mass is 32.2. The quantitative estimate of drug-likeness (QED) is 0.541. The van der Waals surface area contributed by atoms with E-state index < -0.39 is 49.5 Å². The maximum absolute atomic E-state index is 13.0. The number of hydrogen-bond donors (Lipinski definition) is 1. The number of hydrogen-bond acceptors (Lipinski definition) is 5. The molecule has 0 aliphatic rings. The van der Waals surface area contributed by atoms with Gasteiger partial charge >= 0.3 is 11.9 Å². The summed E-state index contributed by atoms with van der Waals surface area (Å²) in [7, 11) is -3.84. The topological polar surface area (TPSA) is 90.3 Å². The van der Waals surface area contributed by atoms with Gasteiger partial charge in [0.1, 0.15) is 0 Å². The van der Waals surface area contributed by atoms with Crippen LogP contribution in [-0.4, -0.2) is 37.0 Å². The van der Waals surface area contributed by atoms with E-state index in [1.807, 2.05) is 0 Å². The van der Waals surface area contributed by atoms with Gasteiger partial charge in [-0.1, -0.05) is 18.2 Å². The van der Waals surface area contributed by atoms with E-state index in [0.29, 0.717) is 0 Å². The van der Waals surface area contributed by atoms with Crippen molar-refractivity contribution in [3.8, 4) is 11.4 Å². The molecule has 0 fully saturated rings. The lowest BCUT2D eigenvalue weighted by Crippen LogP contribution is -2.18. The number of nitrogens with zero attached hydrogens (tertiary/aromatic N) is 2. The molecular formula is C19H14F5N3O4S. The molecular weight excluding hydrogens is 461 g/mol. The summed E-state index contributed by atoms with van der Waals surface area (Å²) in [6.45, 7) is 0. The number of benzene rings is 2. The maximum Gasteiger partial charge on any atom is 0.416 e. The van der Waals surface area contributed by atoms with Crippen molar-refractivity contribution in [1.29, 1.82) is 0 Å². The number of amides is 1. The van der Waals surface area contributed by atoms with E-state index in [9.17, 15) is 35.2 Å². The molecule has 32 heavy (non-hydrogen) atoms. The second kappa shape index (κ2) is 8.57. The Labute approximate surface area is 178 Å². The summed E-state index contributed by atoms with van der Waals surface area (Å²) in [5.74, 6) is -4.88. The number of halogens is 5. The van der Waals surface area contributed by atoms with Crippen LogP contribution in [0.25, 0.3) is 5.69 Å². The summed E-state index contributed by atoms with van der Waals surface area (Å²) in [6, 6.07) is 8.65. The Morgan fingerprint density at radius 2 is 1.81 bits per heavy atom. The molecule has 0 atom stereocenters. The third-order valence-corrected chi connectivity index (χ3v) is 5.67. The van der Waals surface area contributed by atoms with Crippen LogP contribution < -0.4 is 10.1 Å². The van der Waals surface area contributed by atoms with Crippen LogP contribution in [0.4, 0.5) is 27.6 Å². The first kappa shape index (κ1) is 23.2. The number of aromatic nitrogens is 2. The Balaban J connectivity index is 1.98. The number of carbonyl (C=O) groups excluding carboxylic acids is 1. The molecule has 1 N–H and O–H groups in total. The van der Waals surface area contributed by atoms with Crippen molar-refractivity contribution in [3.05, 3.63) is 66.0 Å². The number of alkyl halides is 5. The zero-order valence-electron chi connectivity index (χ0n) is 16.1. The van der Waals surface area contributed by atoms with E-state index in [1.165, 1.54) is 25.3 Å². The van der Waals surface area contributed by atoms with Crippen LogP contribution in [0.1, 0.15) is 16.1 Å². The number of rotatable bonds is 6. The lowest BCUT2D eigenvalue weighted by Gasteiger charge is -2.11. The van der Waals surface area contributed by atoms with E-state index in [4.69, 9.17) is 4.74 Å². The highest BCUT2D eigenvalue weighted by molar-refractivity contribution is 7.91.